The van der Waals surface area contributed by atoms with Crippen LogP contribution in [0.5, 0.6) is 0 Å². The number of nitrogens with zero attached hydrogens (tertiary/aromatic N) is 2. The van der Waals surface area contributed by atoms with Gasteiger partial charge in [-0.25, -0.2) is 9.78 Å². The number of carboxylic acid groups (broad SMARTS) is 1. The van der Waals surface area contributed by atoms with E-state index in [1.165, 1.54) is 35.0 Å². The van der Waals surface area contributed by atoms with Crippen molar-refractivity contribution in [2.75, 3.05) is 0 Å². The van der Waals surface area contributed by atoms with Crippen molar-refractivity contribution in [3.63, 3.8) is 0 Å². The number of carboxylic acids is 1. The highest BCUT2D eigenvalue weighted by molar-refractivity contribution is 7.20. The number of aromatic nitrogens is 2. The minimum absolute atomic E-state index is 0.123. The average Bonchev–Trinajstić information content (AvgIpc) is 3.10. The highest BCUT2D eigenvalue weighted by Gasteiger charge is 2.13. The molecule has 90 valence electrons. The largest absolute Gasteiger partial charge is 0.478 e. The summed E-state index contributed by atoms with van der Waals surface area (Å²) in [5.74, 6) is -0.553. The molecule has 3 aromatic rings. The standard InChI is InChI=1S/C11H6N2O3S2/c14-11(15)6-1-8(16-3-6)7-4-17-10(13-7)9-2-12-5-18-9/h1-5H,(H,14,15). The third-order valence-corrected chi connectivity index (χ3v) is 4.03. The van der Waals surface area contributed by atoms with Crippen LogP contribution in [0.2, 0.25) is 0 Å². The monoisotopic (exact) mass is 278 g/mol. The fraction of sp³-hybridized carbons (Fsp3) is 0. The lowest BCUT2D eigenvalue weighted by Crippen LogP contribution is -1.91. The number of carbonyl (C=O) groups is 1. The van der Waals surface area contributed by atoms with E-state index in [1.807, 2.05) is 5.38 Å². The normalized spacial score (nSPS) is 10.7. The second-order valence-corrected chi connectivity index (χ2v) is 5.15. The number of hydrogen-bond donors (Lipinski definition) is 1. The first-order valence-corrected chi connectivity index (χ1v) is 6.66. The minimum Gasteiger partial charge on any atom is -0.478 e. The van der Waals surface area contributed by atoms with Crippen LogP contribution >= 0.6 is 22.7 Å². The lowest BCUT2D eigenvalue weighted by molar-refractivity contribution is 0.0696. The number of furan rings is 1. The zero-order valence-electron chi connectivity index (χ0n) is 8.86. The Kier molecular flexibility index (Phi) is 2.69. The first-order chi connectivity index (χ1) is 8.74. The van der Waals surface area contributed by atoms with Crippen LogP contribution in [0.3, 0.4) is 0 Å². The van der Waals surface area contributed by atoms with Crippen LogP contribution in [-0.4, -0.2) is 21.0 Å². The molecule has 0 aliphatic carbocycles. The Morgan fingerprint density at radius 1 is 1.39 bits per heavy atom. The quantitative estimate of drug-likeness (QED) is 0.796. The summed E-state index contributed by atoms with van der Waals surface area (Å²) in [5, 5.41) is 11.5. The molecule has 0 aliphatic rings. The predicted molar refractivity (Wildman–Crippen MR) is 67.9 cm³/mol. The summed E-state index contributed by atoms with van der Waals surface area (Å²) in [5.41, 5.74) is 2.50. The van der Waals surface area contributed by atoms with Crippen molar-refractivity contribution in [3.8, 4) is 21.3 Å². The second kappa shape index (κ2) is 4.35. The van der Waals surface area contributed by atoms with Gasteiger partial charge >= 0.3 is 5.97 Å². The molecule has 0 radical (unpaired) electrons. The number of aromatic carboxylic acids is 1. The minimum atomic E-state index is -1.01. The molecule has 0 amide bonds. The lowest BCUT2D eigenvalue weighted by Gasteiger charge is -1.87. The third-order valence-electron chi connectivity index (χ3n) is 2.25. The molecule has 3 rings (SSSR count). The van der Waals surface area contributed by atoms with Crippen LogP contribution in [0.25, 0.3) is 21.3 Å². The van der Waals surface area contributed by atoms with Gasteiger partial charge in [-0.1, -0.05) is 0 Å². The average molecular weight is 278 g/mol. The molecule has 0 atom stereocenters. The predicted octanol–water partition coefficient (Wildman–Crippen LogP) is 3.22. The Bertz CT molecular complexity index is 685. The molecule has 0 aromatic carbocycles. The number of thiazole rings is 2. The zero-order chi connectivity index (χ0) is 12.5. The van der Waals surface area contributed by atoms with Crippen LogP contribution in [0.15, 0.2) is 33.8 Å². The number of rotatable bonds is 3. The molecule has 0 unspecified atom stereocenters. The molecule has 5 nitrogen and oxygen atoms in total. The maximum absolute atomic E-state index is 10.8. The van der Waals surface area contributed by atoms with Crippen molar-refractivity contribution in [2.45, 2.75) is 0 Å². The molecule has 0 aliphatic heterocycles. The zero-order valence-corrected chi connectivity index (χ0v) is 10.5. The fourth-order valence-corrected chi connectivity index (χ4v) is 2.91. The molecule has 7 heteroatoms. The summed E-state index contributed by atoms with van der Waals surface area (Å²) in [6.45, 7) is 0. The van der Waals surface area contributed by atoms with E-state index in [-0.39, 0.29) is 5.56 Å². The highest BCUT2D eigenvalue weighted by atomic mass is 32.1. The van der Waals surface area contributed by atoms with Crippen molar-refractivity contribution >= 4 is 28.6 Å². The van der Waals surface area contributed by atoms with Gasteiger partial charge in [-0.2, -0.15) is 0 Å². The van der Waals surface area contributed by atoms with Gasteiger partial charge in [-0.05, 0) is 0 Å². The maximum Gasteiger partial charge on any atom is 0.338 e. The maximum atomic E-state index is 10.8. The van der Waals surface area contributed by atoms with E-state index in [4.69, 9.17) is 9.52 Å². The van der Waals surface area contributed by atoms with E-state index >= 15 is 0 Å². The molecule has 0 spiro atoms. The molecule has 18 heavy (non-hydrogen) atoms. The smallest absolute Gasteiger partial charge is 0.338 e. The molecule has 0 bridgehead atoms. The Morgan fingerprint density at radius 2 is 2.28 bits per heavy atom. The van der Waals surface area contributed by atoms with Crippen LogP contribution in [-0.2, 0) is 0 Å². The molecule has 0 saturated carbocycles. The highest BCUT2D eigenvalue weighted by Crippen LogP contribution is 2.31. The van der Waals surface area contributed by atoms with Crippen molar-refractivity contribution < 1.29 is 14.3 Å². The van der Waals surface area contributed by atoms with Gasteiger partial charge in [-0.3, -0.25) is 4.98 Å². The van der Waals surface area contributed by atoms with Gasteiger partial charge in [0, 0.05) is 17.6 Å². The fourth-order valence-electron chi connectivity index (χ4n) is 1.40. The molecule has 0 fully saturated rings. The Hall–Kier alpha value is -1.99. The van der Waals surface area contributed by atoms with E-state index in [0.29, 0.717) is 11.5 Å². The first-order valence-electron chi connectivity index (χ1n) is 4.90. The molecule has 0 saturated heterocycles. The van der Waals surface area contributed by atoms with Gasteiger partial charge in [0.1, 0.15) is 17.0 Å². The summed E-state index contributed by atoms with van der Waals surface area (Å²) in [4.78, 5) is 20.1. The summed E-state index contributed by atoms with van der Waals surface area (Å²) in [7, 11) is 0. The summed E-state index contributed by atoms with van der Waals surface area (Å²) >= 11 is 2.98. The first kappa shape index (κ1) is 11.1. The van der Waals surface area contributed by atoms with Gasteiger partial charge < -0.3 is 9.52 Å². The summed E-state index contributed by atoms with van der Waals surface area (Å²) in [6, 6.07) is 1.47. The van der Waals surface area contributed by atoms with Gasteiger partial charge in [-0.15, -0.1) is 22.7 Å². The van der Waals surface area contributed by atoms with Gasteiger partial charge in [0.15, 0.2) is 5.76 Å². The van der Waals surface area contributed by atoms with Crippen molar-refractivity contribution in [1.82, 2.24) is 9.97 Å². The molecular formula is C11H6N2O3S2. The van der Waals surface area contributed by atoms with Crippen molar-refractivity contribution in [2.24, 2.45) is 0 Å². The topological polar surface area (TPSA) is 76.2 Å². The lowest BCUT2D eigenvalue weighted by atomic mass is 10.3. The molecular weight excluding hydrogens is 272 g/mol. The third kappa shape index (κ3) is 1.93. The van der Waals surface area contributed by atoms with E-state index in [2.05, 4.69) is 9.97 Å². The van der Waals surface area contributed by atoms with Gasteiger partial charge in [0.2, 0.25) is 0 Å². The van der Waals surface area contributed by atoms with E-state index in [1.54, 1.807) is 11.7 Å². The summed E-state index contributed by atoms with van der Waals surface area (Å²) in [6.07, 6.45) is 2.96. The van der Waals surface area contributed by atoms with Crippen molar-refractivity contribution in [1.29, 1.82) is 0 Å². The van der Waals surface area contributed by atoms with Gasteiger partial charge in [0.25, 0.3) is 0 Å². The van der Waals surface area contributed by atoms with E-state index < -0.39 is 5.97 Å². The van der Waals surface area contributed by atoms with Crippen molar-refractivity contribution in [3.05, 3.63) is 35.0 Å². The Morgan fingerprint density at radius 3 is 2.94 bits per heavy atom. The van der Waals surface area contributed by atoms with Crippen LogP contribution in [0.4, 0.5) is 0 Å². The molecule has 3 aromatic heterocycles. The second-order valence-electron chi connectivity index (χ2n) is 3.41. The van der Waals surface area contributed by atoms with Crippen LogP contribution < -0.4 is 0 Å². The van der Waals surface area contributed by atoms with Crippen LogP contribution in [0.1, 0.15) is 10.4 Å². The van der Waals surface area contributed by atoms with Crippen LogP contribution in [0, 0.1) is 0 Å². The molecule has 3 heterocycles. The van der Waals surface area contributed by atoms with Gasteiger partial charge in [0.05, 0.1) is 16.0 Å². The Labute approximate surface area is 109 Å². The summed E-state index contributed by atoms with van der Waals surface area (Å²) < 4.78 is 5.19. The van der Waals surface area contributed by atoms with E-state index in [9.17, 15) is 4.79 Å². The number of hydrogen-bond acceptors (Lipinski definition) is 6. The van der Waals surface area contributed by atoms with E-state index in [0.717, 1.165) is 9.88 Å². The SMILES string of the molecule is O=C(O)c1coc(-c2csc(-c3cncs3)n2)c1. The Balaban J connectivity index is 1.95. The molecule has 1 N–H and O–H groups in total.